The number of hydrogen-bond donors (Lipinski definition) is 1. The number of carboxylic acids is 1. The van der Waals surface area contributed by atoms with Crippen molar-refractivity contribution in [2.24, 2.45) is 0 Å². The van der Waals surface area contributed by atoms with Crippen LogP contribution in [0.2, 0.25) is 0 Å². The van der Waals surface area contributed by atoms with Crippen LogP contribution in [0.3, 0.4) is 0 Å². The van der Waals surface area contributed by atoms with E-state index in [1.807, 2.05) is 0 Å². The van der Waals surface area contributed by atoms with E-state index in [1.54, 1.807) is 0 Å². The molecule has 0 saturated carbocycles. The van der Waals surface area contributed by atoms with Crippen LogP contribution in [-0.2, 0) is 4.79 Å². The molecule has 0 aliphatic carbocycles. The largest absolute Gasteiger partial charge is 0.481 e. The van der Waals surface area contributed by atoms with Crippen LogP contribution in [0.4, 0.5) is 0 Å². The number of aliphatic carboxylic acids is 1. The van der Waals surface area contributed by atoms with Gasteiger partial charge in [-0.25, -0.2) is 0 Å². The number of allylic oxidation sites excluding steroid dienone is 1. The maximum Gasteiger partial charge on any atom is 0.303 e. The van der Waals surface area contributed by atoms with E-state index in [-0.39, 0.29) is 6.42 Å². The van der Waals surface area contributed by atoms with Crippen molar-refractivity contribution >= 4 is 12.0 Å². The van der Waals surface area contributed by atoms with Gasteiger partial charge in [-0.1, -0.05) is 48.4 Å². The van der Waals surface area contributed by atoms with Crippen molar-refractivity contribution in [3.63, 3.8) is 0 Å². The molecule has 0 spiro atoms. The molecule has 16 heavy (non-hydrogen) atoms. The van der Waals surface area contributed by atoms with Gasteiger partial charge in [0.25, 0.3) is 0 Å². The van der Waals surface area contributed by atoms with Gasteiger partial charge in [-0.3, -0.25) is 4.79 Å². The van der Waals surface area contributed by atoms with E-state index in [4.69, 9.17) is 5.11 Å². The minimum atomic E-state index is -0.733. The third-order valence-electron chi connectivity index (χ3n) is 2.56. The van der Waals surface area contributed by atoms with E-state index >= 15 is 0 Å². The maximum absolute atomic E-state index is 10.5. The molecule has 0 radical (unpaired) electrons. The fraction of sp³-hybridized carbons (Fsp3) is 0.357. The lowest BCUT2D eigenvalue weighted by atomic mass is 10.0. The van der Waals surface area contributed by atoms with E-state index in [9.17, 15) is 4.79 Å². The monoisotopic (exact) mass is 218 g/mol. The molecule has 86 valence electrons. The van der Waals surface area contributed by atoms with Gasteiger partial charge in [-0.2, -0.15) is 0 Å². The number of rotatable bonds is 5. The average Bonchev–Trinajstić information content (AvgIpc) is 2.26. The molecular formula is C14H18O2. The molecule has 0 aliphatic rings. The van der Waals surface area contributed by atoms with Gasteiger partial charge in [0.2, 0.25) is 0 Å². The molecule has 0 bridgehead atoms. The van der Waals surface area contributed by atoms with Crippen LogP contribution >= 0.6 is 0 Å². The van der Waals surface area contributed by atoms with Gasteiger partial charge < -0.3 is 5.11 Å². The summed E-state index contributed by atoms with van der Waals surface area (Å²) in [4.78, 5) is 10.5. The van der Waals surface area contributed by atoms with Crippen molar-refractivity contribution in [1.82, 2.24) is 0 Å². The quantitative estimate of drug-likeness (QED) is 0.819. The van der Waals surface area contributed by atoms with Crippen LogP contribution in [-0.4, -0.2) is 11.1 Å². The molecule has 0 atom stereocenters. The molecule has 1 aromatic carbocycles. The number of carbonyl (C=O) groups is 1. The molecule has 2 nitrogen and oxygen atoms in total. The molecule has 0 aliphatic heterocycles. The summed E-state index contributed by atoms with van der Waals surface area (Å²) in [6, 6.07) is 8.25. The summed E-state index contributed by atoms with van der Waals surface area (Å²) in [5, 5.41) is 8.63. The Balaban J connectivity index is 2.71. The zero-order valence-corrected chi connectivity index (χ0v) is 9.86. The topological polar surface area (TPSA) is 37.3 Å². The molecule has 1 N–H and O–H groups in total. The van der Waals surface area contributed by atoms with Gasteiger partial charge >= 0.3 is 5.97 Å². The van der Waals surface area contributed by atoms with Crippen LogP contribution in [0.5, 0.6) is 0 Å². The zero-order chi connectivity index (χ0) is 12.0. The van der Waals surface area contributed by atoms with Gasteiger partial charge in [0.1, 0.15) is 0 Å². The second-order valence-corrected chi connectivity index (χ2v) is 3.96. The van der Waals surface area contributed by atoms with Crippen LogP contribution < -0.4 is 0 Å². The SMILES string of the molecule is CCC(=Cc1ccc(C)cc1)CCC(=O)O. The van der Waals surface area contributed by atoms with Gasteiger partial charge in [0, 0.05) is 6.42 Å². The van der Waals surface area contributed by atoms with E-state index in [1.165, 1.54) is 11.1 Å². The number of hydrogen-bond acceptors (Lipinski definition) is 1. The van der Waals surface area contributed by atoms with Crippen molar-refractivity contribution in [3.05, 3.63) is 41.0 Å². The highest BCUT2D eigenvalue weighted by Crippen LogP contribution is 2.15. The molecule has 1 rings (SSSR count). The molecule has 0 fully saturated rings. The first-order valence-corrected chi connectivity index (χ1v) is 5.59. The summed E-state index contributed by atoms with van der Waals surface area (Å²) in [5.41, 5.74) is 3.57. The minimum Gasteiger partial charge on any atom is -0.481 e. The van der Waals surface area contributed by atoms with Gasteiger partial charge in [0.05, 0.1) is 0 Å². The highest BCUT2D eigenvalue weighted by Gasteiger charge is 2.00. The summed E-state index contributed by atoms with van der Waals surface area (Å²) < 4.78 is 0. The first kappa shape index (κ1) is 12.5. The molecular weight excluding hydrogens is 200 g/mol. The van der Waals surface area contributed by atoms with Crippen molar-refractivity contribution in [3.8, 4) is 0 Å². The summed E-state index contributed by atoms with van der Waals surface area (Å²) in [7, 11) is 0. The Hall–Kier alpha value is -1.57. The highest BCUT2D eigenvalue weighted by atomic mass is 16.4. The molecule has 1 aromatic rings. The summed E-state index contributed by atoms with van der Waals surface area (Å²) in [6.45, 7) is 4.11. The lowest BCUT2D eigenvalue weighted by Gasteiger charge is -2.03. The van der Waals surface area contributed by atoms with Crippen LogP contribution in [0.1, 0.15) is 37.3 Å². The van der Waals surface area contributed by atoms with Crippen molar-refractivity contribution in [1.29, 1.82) is 0 Å². The molecule has 0 saturated heterocycles. The lowest BCUT2D eigenvalue weighted by Crippen LogP contribution is -1.95. The third kappa shape index (κ3) is 4.30. The number of carboxylic acid groups (broad SMARTS) is 1. The van der Waals surface area contributed by atoms with Crippen LogP contribution in [0.25, 0.3) is 6.08 Å². The Labute approximate surface area is 96.6 Å². The summed E-state index contributed by atoms with van der Waals surface area (Å²) in [5.74, 6) is -0.733. The molecule has 2 heteroatoms. The Morgan fingerprint density at radius 3 is 2.38 bits per heavy atom. The normalized spacial score (nSPS) is 11.5. The van der Waals surface area contributed by atoms with Crippen molar-refractivity contribution in [2.45, 2.75) is 33.1 Å². The van der Waals surface area contributed by atoms with E-state index in [0.29, 0.717) is 6.42 Å². The summed E-state index contributed by atoms with van der Waals surface area (Å²) in [6.07, 6.45) is 3.84. The third-order valence-corrected chi connectivity index (χ3v) is 2.56. The smallest absolute Gasteiger partial charge is 0.303 e. The van der Waals surface area contributed by atoms with Gasteiger partial charge in [-0.15, -0.1) is 0 Å². The fourth-order valence-corrected chi connectivity index (χ4v) is 1.52. The minimum absolute atomic E-state index is 0.214. The second-order valence-electron chi connectivity index (χ2n) is 3.96. The Bertz CT molecular complexity index is 374. The van der Waals surface area contributed by atoms with Crippen molar-refractivity contribution < 1.29 is 9.90 Å². The first-order chi connectivity index (χ1) is 7.61. The predicted molar refractivity (Wildman–Crippen MR) is 66.3 cm³/mol. The van der Waals surface area contributed by atoms with E-state index < -0.39 is 5.97 Å². The van der Waals surface area contributed by atoms with Gasteiger partial charge in [-0.05, 0) is 25.3 Å². The zero-order valence-electron chi connectivity index (χ0n) is 9.86. The standard InChI is InChI=1S/C14H18O2/c1-3-12(8-9-14(15)16)10-13-6-4-11(2)5-7-13/h4-7,10H,3,8-9H2,1-2H3,(H,15,16). The van der Waals surface area contributed by atoms with Crippen molar-refractivity contribution in [2.75, 3.05) is 0 Å². The second kappa shape index (κ2) is 6.11. The number of benzene rings is 1. The Morgan fingerprint density at radius 1 is 1.25 bits per heavy atom. The van der Waals surface area contributed by atoms with E-state index in [0.717, 1.165) is 12.0 Å². The van der Waals surface area contributed by atoms with E-state index in [2.05, 4.69) is 44.2 Å². The number of aryl methyl sites for hydroxylation is 1. The lowest BCUT2D eigenvalue weighted by molar-refractivity contribution is -0.136. The highest BCUT2D eigenvalue weighted by molar-refractivity contribution is 5.67. The molecule has 0 amide bonds. The van der Waals surface area contributed by atoms with Gasteiger partial charge in [0.15, 0.2) is 0 Å². The maximum atomic E-state index is 10.5. The van der Waals surface area contributed by atoms with Crippen LogP contribution in [0.15, 0.2) is 29.8 Å². The predicted octanol–water partition coefficient (Wildman–Crippen LogP) is 3.65. The molecule has 0 aromatic heterocycles. The Kier molecular flexibility index (Phi) is 4.77. The fourth-order valence-electron chi connectivity index (χ4n) is 1.52. The summed E-state index contributed by atoms with van der Waals surface area (Å²) >= 11 is 0. The first-order valence-electron chi connectivity index (χ1n) is 5.59. The Morgan fingerprint density at radius 2 is 1.88 bits per heavy atom. The molecule has 0 heterocycles. The van der Waals surface area contributed by atoms with Crippen LogP contribution in [0, 0.1) is 6.92 Å². The average molecular weight is 218 g/mol. The molecule has 0 unspecified atom stereocenters.